The minimum Gasteiger partial charge on any atom is -0.421 e. The molecule has 0 bridgehead atoms. The number of aromatic nitrogens is 3. The molecule has 2 aromatic heterocycles. The van der Waals surface area contributed by atoms with E-state index in [0.29, 0.717) is 17.5 Å². The highest BCUT2D eigenvalue weighted by atomic mass is 35.5. The molecule has 0 atom stereocenters. The third-order valence-corrected chi connectivity index (χ3v) is 3.38. The molecule has 0 amide bonds. The number of fused-ring (bicyclic) bond motifs is 1. The number of aldehydes is 1. The fourth-order valence-corrected chi connectivity index (χ4v) is 2.31. The number of hydrogen-bond acceptors (Lipinski definition) is 4. The second-order valence-corrected chi connectivity index (χ2v) is 4.77. The number of halogens is 1. The molecule has 3 rings (SSSR count). The van der Waals surface area contributed by atoms with Gasteiger partial charge in [0.2, 0.25) is 0 Å². The SMILES string of the molecule is O=Cc1ccn(-c2cc3c(=O)n(O)c(=O)[nH]c3cc2Cl)c1. The van der Waals surface area contributed by atoms with E-state index in [4.69, 9.17) is 11.6 Å². The number of benzene rings is 1. The quantitative estimate of drug-likeness (QED) is 0.549. The number of nitrogens with zero attached hydrogens (tertiary/aromatic N) is 2. The number of nitrogens with one attached hydrogen (secondary N) is 1. The van der Waals surface area contributed by atoms with Crippen LogP contribution in [0.2, 0.25) is 5.02 Å². The number of rotatable bonds is 2. The Balaban J connectivity index is 2.35. The smallest absolute Gasteiger partial charge is 0.362 e. The van der Waals surface area contributed by atoms with E-state index in [-0.39, 0.29) is 20.7 Å². The number of H-pyrrole nitrogens is 1. The lowest BCUT2D eigenvalue weighted by molar-refractivity contribution is 0.112. The maximum atomic E-state index is 11.9. The van der Waals surface area contributed by atoms with Gasteiger partial charge in [0.15, 0.2) is 6.29 Å². The lowest BCUT2D eigenvalue weighted by Gasteiger charge is -2.08. The van der Waals surface area contributed by atoms with Crippen molar-refractivity contribution in [3.8, 4) is 5.69 Å². The van der Waals surface area contributed by atoms with Gasteiger partial charge in [0.25, 0.3) is 5.56 Å². The van der Waals surface area contributed by atoms with Crippen molar-refractivity contribution in [1.29, 1.82) is 0 Å². The molecule has 2 N–H and O–H groups in total. The Morgan fingerprint density at radius 2 is 2.05 bits per heavy atom. The van der Waals surface area contributed by atoms with Crippen LogP contribution in [-0.2, 0) is 0 Å². The minimum absolute atomic E-state index is 0.00741. The molecular formula is C13H8ClN3O4. The molecule has 0 saturated carbocycles. The van der Waals surface area contributed by atoms with E-state index in [9.17, 15) is 19.6 Å². The average molecular weight is 306 g/mol. The zero-order chi connectivity index (χ0) is 15.1. The summed E-state index contributed by atoms with van der Waals surface area (Å²) in [4.78, 5) is 36.3. The predicted molar refractivity (Wildman–Crippen MR) is 75.7 cm³/mol. The molecule has 0 saturated heterocycles. The van der Waals surface area contributed by atoms with Crippen molar-refractivity contribution in [3.05, 3.63) is 62.0 Å². The van der Waals surface area contributed by atoms with Crippen molar-refractivity contribution in [3.63, 3.8) is 0 Å². The fraction of sp³-hybridized carbons (Fsp3) is 0. The van der Waals surface area contributed by atoms with Gasteiger partial charge in [0, 0.05) is 18.0 Å². The van der Waals surface area contributed by atoms with Crippen LogP contribution in [0.5, 0.6) is 0 Å². The van der Waals surface area contributed by atoms with Gasteiger partial charge in [-0.05, 0) is 18.2 Å². The van der Waals surface area contributed by atoms with E-state index >= 15 is 0 Å². The Labute approximate surface area is 121 Å². The van der Waals surface area contributed by atoms with Crippen LogP contribution in [0, 0.1) is 0 Å². The summed E-state index contributed by atoms with van der Waals surface area (Å²) in [6.07, 6.45) is 3.84. The van der Waals surface area contributed by atoms with Crippen LogP contribution in [0.15, 0.2) is 40.2 Å². The van der Waals surface area contributed by atoms with E-state index in [1.807, 2.05) is 0 Å². The molecule has 0 unspecified atom stereocenters. The molecule has 106 valence electrons. The Bertz CT molecular complexity index is 983. The van der Waals surface area contributed by atoms with Gasteiger partial charge in [-0.15, -0.1) is 0 Å². The zero-order valence-electron chi connectivity index (χ0n) is 10.4. The second kappa shape index (κ2) is 4.64. The highest BCUT2D eigenvalue weighted by Crippen LogP contribution is 2.24. The van der Waals surface area contributed by atoms with Gasteiger partial charge in [-0.1, -0.05) is 16.3 Å². The highest BCUT2D eigenvalue weighted by molar-refractivity contribution is 6.33. The maximum absolute atomic E-state index is 11.9. The summed E-state index contributed by atoms with van der Waals surface area (Å²) in [6.45, 7) is 0. The fourth-order valence-electron chi connectivity index (χ4n) is 2.05. The molecule has 8 heteroatoms. The van der Waals surface area contributed by atoms with E-state index in [2.05, 4.69) is 4.98 Å². The maximum Gasteiger partial charge on any atom is 0.362 e. The third-order valence-electron chi connectivity index (χ3n) is 3.07. The second-order valence-electron chi connectivity index (χ2n) is 4.37. The van der Waals surface area contributed by atoms with E-state index in [1.165, 1.54) is 12.1 Å². The van der Waals surface area contributed by atoms with Gasteiger partial charge in [0.1, 0.15) is 0 Å². The Kier molecular flexibility index (Phi) is 2.91. The first-order valence-corrected chi connectivity index (χ1v) is 6.20. The first-order valence-electron chi connectivity index (χ1n) is 5.82. The highest BCUT2D eigenvalue weighted by Gasteiger charge is 2.11. The standard InChI is InChI=1S/C13H8ClN3O4/c14-9-4-10-8(12(19)17(21)13(20)15-10)3-11(9)16-2-1-7(5-16)6-18/h1-6,21H,(H,15,20). The van der Waals surface area contributed by atoms with E-state index < -0.39 is 11.2 Å². The largest absolute Gasteiger partial charge is 0.421 e. The van der Waals surface area contributed by atoms with Crippen LogP contribution in [0.4, 0.5) is 0 Å². The van der Waals surface area contributed by atoms with Crippen molar-refractivity contribution >= 4 is 28.8 Å². The summed E-state index contributed by atoms with van der Waals surface area (Å²) in [7, 11) is 0. The van der Waals surface area contributed by atoms with E-state index in [0.717, 1.165) is 0 Å². The van der Waals surface area contributed by atoms with Crippen molar-refractivity contribution in [2.45, 2.75) is 0 Å². The summed E-state index contributed by atoms with van der Waals surface area (Å²) < 4.78 is 1.56. The molecule has 0 aliphatic heterocycles. The predicted octanol–water partition coefficient (Wildman–Crippen LogP) is 1.18. The minimum atomic E-state index is -0.944. The number of carbonyl (C=O) groups is 1. The van der Waals surface area contributed by atoms with Gasteiger partial charge in [-0.25, -0.2) is 4.79 Å². The molecule has 2 heterocycles. The van der Waals surface area contributed by atoms with Gasteiger partial charge < -0.3 is 14.8 Å². The topological polar surface area (TPSA) is 97.1 Å². The number of hydrogen-bond donors (Lipinski definition) is 2. The summed E-state index contributed by atoms with van der Waals surface area (Å²) >= 11 is 6.13. The van der Waals surface area contributed by atoms with Gasteiger partial charge in [0.05, 0.1) is 21.6 Å². The van der Waals surface area contributed by atoms with Crippen molar-refractivity contribution < 1.29 is 10.0 Å². The van der Waals surface area contributed by atoms with Crippen LogP contribution in [0.1, 0.15) is 10.4 Å². The molecular weight excluding hydrogens is 298 g/mol. The summed E-state index contributed by atoms with van der Waals surface area (Å²) in [5.74, 6) is 0. The Morgan fingerprint density at radius 3 is 2.71 bits per heavy atom. The number of carbonyl (C=O) groups excluding carboxylic acids is 1. The van der Waals surface area contributed by atoms with Crippen molar-refractivity contribution in [1.82, 2.24) is 14.3 Å². The third kappa shape index (κ3) is 2.03. The van der Waals surface area contributed by atoms with Crippen LogP contribution < -0.4 is 11.2 Å². The lowest BCUT2D eigenvalue weighted by atomic mass is 10.2. The zero-order valence-corrected chi connectivity index (χ0v) is 11.2. The lowest BCUT2D eigenvalue weighted by Crippen LogP contribution is -2.33. The average Bonchev–Trinajstić information content (AvgIpc) is 2.93. The van der Waals surface area contributed by atoms with E-state index in [1.54, 1.807) is 23.0 Å². The molecule has 7 nitrogen and oxygen atoms in total. The van der Waals surface area contributed by atoms with Gasteiger partial charge in [-0.2, -0.15) is 0 Å². The molecule has 3 aromatic rings. The van der Waals surface area contributed by atoms with Crippen molar-refractivity contribution in [2.75, 3.05) is 0 Å². The summed E-state index contributed by atoms with van der Waals surface area (Å²) in [5.41, 5.74) is -0.685. The molecule has 21 heavy (non-hydrogen) atoms. The Morgan fingerprint density at radius 1 is 1.29 bits per heavy atom. The van der Waals surface area contributed by atoms with Crippen LogP contribution in [0.3, 0.4) is 0 Å². The van der Waals surface area contributed by atoms with Crippen LogP contribution >= 0.6 is 11.6 Å². The molecule has 0 spiro atoms. The summed E-state index contributed by atoms with van der Waals surface area (Å²) in [6, 6.07) is 4.43. The number of aromatic amines is 1. The summed E-state index contributed by atoms with van der Waals surface area (Å²) in [5, 5.41) is 9.73. The van der Waals surface area contributed by atoms with Gasteiger partial charge >= 0.3 is 5.69 Å². The monoisotopic (exact) mass is 305 g/mol. The molecule has 0 aliphatic rings. The van der Waals surface area contributed by atoms with Crippen LogP contribution in [-0.4, -0.2) is 25.8 Å². The van der Waals surface area contributed by atoms with Crippen molar-refractivity contribution in [2.24, 2.45) is 0 Å². The molecule has 0 fully saturated rings. The molecule has 0 radical (unpaired) electrons. The first kappa shape index (κ1) is 13.2. The van der Waals surface area contributed by atoms with Gasteiger partial charge in [-0.3, -0.25) is 9.59 Å². The molecule has 1 aromatic carbocycles. The van der Waals surface area contributed by atoms with Crippen LogP contribution in [0.25, 0.3) is 16.6 Å². The Hall–Kier alpha value is -2.80. The normalized spacial score (nSPS) is 10.9. The molecule has 0 aliphatic carbocycles. The first-order chi connectivity index (χ1) is 10.0.